The van der Waals surface area contributed by atoms with Gasteiger partial charge in [0.1, 0.15) is 0 Å². The fourth-order valence-corrected chi connectivity index (χ4v) is 3.03. The van der Waals surface area contributed by atoms with Crippen LogP contribution in [0.1, 0.15) is 21.6 Å². The molecular formula is C21H17ClN4O. The minimum atomic E-state index is -0.148. The van der Waals surface area contributed by atoms with Gasteiger partial charge in [0.05, 0.1) is 28.7 Å². The fourth-order valence-electron chi connectivity index (χ4n) is 2.91. The van der Waals surface area contributed by atoms with Crippen LogP contribution in [0.4, 0.5) is 0 Å². The summed E-state index contributed by atoms with van der Waals surface area (Å²) >= 11 is 5.91. The molecule has 0 aliphatic heterocycles. The smallest absolute Gasteiger partial charge is 0.253 e. The summed E-state index contributed by atoms with van der Waals surface area (Å²) in [5, 5.41) is 8.90. The molecule has 6 heteroatoms. The summed E-state index contributed by atoms with van der Waals surface area (Å²) in [5.74, 6) is -0.148. The number of para-hydroxylation sites is 1. The van der Waals surface area contributed by atoms with Crippen LogP contribution >= 0.6 is 11.6 Å². The number of aryl methyl sites for hydroxylation is 1. The van der Waals surface area contributed by atoms with Crippen molar-refractivity contribution in [3.8, 4) is 5.69 Å². The van der Waals surface area contributed by atoms with Crippen LogP contribution in [-0.4, -0.2) is 20.7 Å². The van der Waals surface area contributed by atoms with Crippen molar-refractivity contribution >= 4 is 28.4 Å². The second-order valence-corrected chi connectivity index (χ2v) is 6.70. The number of rotatable bonds is 4. The lowest BCUT2D eigenvalue weighted by atomic mass is 10.1. The normalized spacial score (nSPS) is 10.9. The minimum Gasteiger partial charge on any atom is -0.348 e. The van der Waals surface area contributed by atoms with Crippen LogP contribution in [0.2, 0.25) is 5.02 Å². The highest BCUT2D eigenvalue weighted by Gasteiger charge is 2.12. The van der Waals surface area contributed by atoms with E-state index in [0.717, 1.165) is 22.2 Å². The summed E-state index contributed by atoms with van der Waals surface area (Å²) in [6, 6.07) is 17.1. The average Bonchev–Trinajstić information content (AvgIpc) is 3.15. The lowest BCUT2D eigenvalue weighted by Gasteiger charge is -2.08. The van der Waals surface area contributed by atoms with Crippen molar-refractivity contribution in [1.29, 1.82) is 0 Å². The van der Waals surface area contributed by atoms with Gasteiger partial charge in [-0.2, -0.15) is 5.10 Å². The molecule has 0 fully saturated rings. The second-order valence-electron chi connectivity index (χ2n) is 6.27. The highest BCUT2D eigenvalue weighted by molar-refractivity contribution is 6.30. The van der Waals surface area contributed by atoms with E-state index in [1.807, 2.05) is 67.7 Å². The van der Waals surface area contributed by atoms with Gasteiger partial charge >= 0.3 is 0 Å². The van der Waals surface area contributed by atoms with E-state index in [-0.39, 0.29) is 5.91 Å². The zero-order valence-corrected chi connectivity index (χ0v) is 15.4. The molecule has 2 aromatic heterocycles. The molecule has 0 bridgehead atoms. The van der Waals surface area contributed by atoms with Crippen molar-refractivity contribution in [2.24, 2.45) is 0 Å². The first-order chi connectivity index (χ1) is 13.1. The number of pyridine rings is 1. The molecule has 0 aliphatic carbocycles. The number of carbonyl (C=O) groups excluding carboxylic acids is 1. The standard InChI is InChI=1S/C21H17ClN4O/c1-14-19(10-16-4-2-3-5-20(16)25-14)21(27)23-11-15-12-24-26(13-15)18-8-6-17(22)7-9-18/h2-10,12-13H,11H2,1H3,(H,23,27). The lowest BCUT2D eigenvalue weighted by molar-refractivity contribution is 0.0950. The van der Waals surface area contributed by atoms with Crippen molar-refractivity contribution in [2.45, 2.75) is 13.5 Å². The third-order valence-corrected chi connectivity index (χ3v) is 4.59. The van der Waals surface area contributed by atoms with Crippen molar-refractivity contribution in [3.63, 3.8) is 0 Å². The van der Waals surface area contributed by atoms with Gasteiger partial charge in [-0.05, 0) is 43.3 Å². The molecule has 27 heavy (non-hydrogen) atoms. The Kier molecular flexibility index (Phi) is 4.60. The van der Waals surface area contributed by atoms with Crippen LogP contribution in [0.5, 0.6) is 0 Å². The molecule has 1 amide bonds. The molecule has 0 spiro atoms. The summed E-state index contributed by atoms with van der Waals surface area (Å²) in [7, 11) is 0. The van der Waals surface area contributed by atoms with Gasteiger partial charge in [0.25, 0.3) is 5.91 Å². The molecule has 2 aromatic carbocycles. The van der Waals surface area contributed by atoms with Gasteiger partial charge in [0.2, 0.25) is 0 Å². The molecule has 134 valence electrons. The number of benzene rings is 2. The number of carbonyl (C=O) groups is 1. The highest BCUT2D eigenvalue weighted by Crippen LogP contribution is 2.17. The van der Waals surface area contributed by atoms with Gasteiger partial charge in [-0.3, -0.25) is 9.78 Å². The first-order valence-corrected chi connectivity index (χ1v) is 8.92. The first-order valence-electron chi connectivity index (χ1n) is 8.54. The molecule has 0 saturated heterocycles. The number of amides is 1. The van der Waals surface area contributed by atoms with E-state index < -0.39 is 0 Å². The van der Waals surface area contributed by atoms with E-state index in [0.29, 0.717) is 22.8 Å². The number of aromatic nitrogens is 3. The zero-order valence-electron chi connectivity index (χ0n) is 14.7. The molecule has 0 unspecified atom stereocenters. The van der Waals surface area contributed by atoms with Gasteiger partial charge in [0, 0.05) is 28.7 Å². The molecular weight excluding hydrogens is 360 g/mol. The number of fused-ring (bicyclic) bond motifs is 1. The van der Waals surface area contributed by atoms with Gasteiger partial charge in [-0.1, -0.05) is 29.8 Å². The quantitative estimate of drug-likeness (QED) is 0.577. The van der Waals surface area contributed by atoms with Crippen molar-refractivity contribution in [1.82, 2.24) is 20.1 Å². The Morgan fingerprint density at radius 2 is 1.93 bits per heavy atom. The summed E-state index contributed by atoms with van der Waals surface area (Å²) in [6.07, 6.45) is 3.62. The Hall–Kier alpha value is -3.18. The molecule has 4 aromatic rings. The van der Waals surface area contributed by atoms with Crippen LogP contribution in [-0.2, 0) is 6.54 Å². The lowest BCUT2D eigenvalue weighted by Crippen LogP contribution is -2.23. The average molecular weight is 377 g/mol. The first kappa shape index (κ1) is 17.2. The summed E-state index contributed by atoms with van der Waals surface area (Å²) < 4.78 is 1.75. The third-order valence-electron chi connectivity index (χ3n) is 4.34. The summed E-state index contributed by atoms with van der Waals surface area (Å²) in [4.78, 5) is 17.1. The summed E-state index contributed by atoms with van der Waals surface area (Å²) in [6.45, 7) is 2.23. The van der Waals surface area contributed by atoms with Crippen LogP contribution in [0, 0.1) is 6.92 Å². The number of nitrogens with zero attached hydrogens (tertiary/aromatic N) is 3. The van der Waals surface area contributed by atoms with Crippen molar-refractivity contribution in [2.75, 3.05) is 0 Å². The fraction of sp³-hybridized carbons (Fsp3) is 0.0952. The number of nitrogens with one attached hydrogen (secondary N) is 1. The van der Waals surface area contributed by atoms with E-state index in [1.54, 1.807) is 10.9 Å². The Balaban J connectivity index is 1.48. The van der Waals surface area contributed by atoms with E-state index in [1.165, 1.54) is 0 Å². The van der Waals surface area contributed by atoms with Crippen LogP contribution < -0.4 is 5.32 Å². The van der Waals surface area contributed by atoms with Crippen LogP contribution in [0.25, 0.3) is 16.6 Å². The van der Waals surface area contributed by atoms with Crippen LogP contribution in [0.3, 0.4) is 0 Å². The van der Waals surface area contributed by atoms with Gasteiger partial charge in [-0.25, -0.2) is 4.68 Å². The largest absolute Gasteiger partial charge is 0.348 e. The van der Waals surface area contributed by atoms with Crippen molar-refractivity contribution < 1.29 is 4.79 Å². The molecule has 0 radical (unpaired) electrons. The Morgan fingerprint density at radius 3 is 2.74 bits per heavy atom. The maximum absolute atomic E-state index is 12.6. The van der Waals surface area contributed by atoms with E-state index in [4.69, 9.17) is 11.6 Å². The number of hydrogen-bond acceptors (Lipinski definition) is 3. The molecule has 5 nitrogen and oxygen atoms in total. The predicted molar refractivity (Wildman–Crippen MR) is 106 cm³/mol. The van der Waals surface area contributed by atoms with Gasteiger partial charge in [-0.15, -0.1) is 0 Å². The van der Waals surface area contributed by atoms with Crippen molar-refractivity contribution in [3.05, 3.63) is 88.8 Å². The van der Waals surface area contributed by atoms with E-state index >= 15 is 0 Å². The zero-order chi connectivity index (χ0) is 18.8. The summed E-state index contributed by atoms with van der Waals surface area (Å²) in [5.41, 5.74) is 3.99. The third kappa shape index (κ3) is 3.68. The SMILES string of the molecule is Cc1nc2ccccc2cc1C(=O)NCc1cnn(-c2ccc(Cl)cc2)c1. The predicted octanol–water partition coefficient (Wildman–Crippen LogP) is 4.31. The minimum absolute atomic E-state index is 0.148. The molecule has 0 saturated carbocycles. The monoisotopic (exact) mass is 376 g/mol. The molecule has 2 heterocycles. The topological polar surface area (TPSA) is 59.8 Å². The van der Waals surface area contributed by atoms with Gasteiger partial charge in [0.15, 0.2) is 0 Å². The molecule has 1 N–H and O–H groups in total. The Morgan fingerprint density at radius 1 is 1.15 bits per heavy atom. The maximum atomic E-state index is 12.6. The number of hydrogen-bond donors (Lipinski definition) is 1. The molecule has 0 atom stereocenters. The van der Waals surface area contributed by atoms with E-state index in [9.17, 15) is 4.79 Å². The molecule has 0 aliphatic rings. The second kappa shape index (κ2) is 7.21. The van der Waals surface area contributed by atoms with E-state index in [2.05, 4.69) is 15.4 Å². The number of halogens is 1. The molecule has 4 rings (SSSR count). The van der Waals surface area contributed by atoms with Crippen LogP contribution in [0.15, 0.2) is 67.0 Å². The maximum Gasteiger partial charge on any atom is 0.253 e. The highest BCUT2D eigenvalue weighted by atomic mass is 35.5. The Bertz CT molecular complexity index is 1120. The Labute approximate surface area is 161 Å². The van der Waals surface area contributed by atoms with Gasteiger partial charge < -0.3 is 5.32 Å².